The van der Waals surface area contributed by atoms with Gasteiger partial charge < -0.3 is 4.90 Å². The molecule has 86 valence electrons. The summed E-state index contributed by atoms with van der Waals surface area (Å²) in [7, 11) is 0. The number of nitriles is 1. The van der Waals surface area contributed by atoms with Crippen LogP contribution in [-0.2, 0) is 0 Å². The van der Waals surface area contributed by atoms with Gasteiger partial charge in [0.15, 0.2) is 0 Å². The zero-order chi connectivity index (χ0) is 11.5. The smallest absolute Gasteiger partial charge is 0.108 e. The van der Waals surface area contributed by atoms with Crippen molar-refractivity contribution in [1.29, 1.82) is 5.26 Å². The summed E-state index contributed by atoms with van der Waals surface area (Å²) in [5.74, 6) is 0. The van der Waals surface area contributed by atoms with Gasteiger partial charge in [0.25, 0.3) is 0 Å². The lowest BCUT2D eigenvalue weighted by molar-refractivity contribution is 0.271. The number of hydrogen-bond acceptors (Lipinski definition) is 3. The van der Waals surface area contributed by atoms with E-state index >= 15 is 0 Å². The molecule has 1 fully saturated rings. The molecule has 0 amide bonds. The van der Waals surface area contributed by atoms with Crippen molar-refractivity contribution in [2.45, 2.75) is 46.2 Å². The summed E-state index contributed by atoms with van der Waals surface area (Å²) in [6.07, 6.45) is 1.24. The normalized spacial score (nSPS) is 22.9. The van der Waals surface area contributed by atoms with E-state index < -0.39 is 0 Å². The van der Waals surface area contributed by atoms with Crippen LogP contribution in [-0.4, -0.2) is 36.6 Å². The van der Waals surface area contributed by atoms with Crippen LogP contribution in [0.3, 0.4) is 0 Å². The van der Waals surface area contributed by atoms with Gasteiger partial charge in [0.2, 0.25) is 0 Å². The Kier molecular flexibility index (Phi) is 4.12. The molecule has 0 aromatic carbocycles. The Morgan fingerprint density at radius 3 is 2.53 bits per heavy atom. The zero-order valence-corrected chi connectivity index (χ0v) is 10.4. The Labute approximate surface area is 93.5 Å². The summed E-state index contributed by atoms with van der Waals surface area (Å²) in [5.41, 5.74) is 0.428. The Balaban J connectivity index is 2.38. The average Bonchev–Trinajstić information content (AvgIpc) is 2.43. The summed E-state index contributed by atoms with van der Waals surface area (Å²) in [5, 5.41) is 12.3. The predicted molar refractivity (Wildman–Crippen MR) is 62.5 cm³/mol. The molecule has 0 aliphatic carbocycles. The van der Waals surface area contributed by atoms with E-state index in [1.807, 2.05) is 0 Å². The number of hydrogen-bond donors (Lipinski definition) is 1. The van der Waals surface area contributed by atoms with Crippen molar-refractivity contribution >= 4 is 0 Å². The van der Waals surface area contributed by atoms with Crippen molar-refractivity contribution in [2.75, 3.05) is 19.6 Å². The third-order valence-corrected chi connectivity index (χ3v) is 2.89. The predicted octanol–water partition coefficient (Wildman–Crippen LogP) is 1.61. The standard InChI is InChI=1S/C12H23N3/c1-10(2)14-11(7-13)8-15-6-5-12(3,4)9-15/h10-11,14H,5-6,8-9H2,1-4H3. The molecule has 1 unspecified atom stereocenters. The lowest BCUT2D eigenvalue weighted by Crippen LogP contribution is -2.42. The minimum atomic E-state index is -0.0288. The van der Waals surface area contributed by atoms with E-state index in [4.69, 9.17) is 5.26 Å². The highest BCUT2D eigenvalue weighted by molar-refractivity contribution is 4.95. The number of nitrogens with zero attached hydrogens (tertiary/aromatic N) is 2. The molecule has 0 aromatic heterocycles. The molecule has 1 atom stereocenters. The first-order chi connectivity index (χ1) is 6.93. The van der Waals surface area contributed by atoms with Gasteiger partial charge in [0.05, 0.1) is 6.07 Å². The average molecular weight is 209 g/mol. The number of nitrogens with one attached hydrogen (secondary N) is 1. The number of likely N-dealkylation sites (tertiary alicyclic amines) is 1. The fourth-order valence-corrected chi connectivity index (χ4v) is 2.17. The van der Waals surface area contributed by atoms with Gasteiger partial charge in [-0.2, -0.15) is 5.26 Å². The summed E-state index contributed by atoms with van der Waals surface area (Å²) in [6, 6.07) is 2.69. The molecule has 0 aromatic rings. The third kappa shape index (κ3) is 4.19. The summed E-state index contributed by atoms with van der Waals surface area (Å²) in [4.78, 5) is 2.39. The van der Waals surface area contributed by atoms with Crippen molar-refractivity contribution in [3.8, 4) is 6.07 Å². The molecule has 1 heterocycles. The maximum absolute atomic E-state index is 9.03. The van der Waals surface area contributed by atoms with Gasteiger partial charge in [0, 0.05) is 19.1 Å². The highest BCUT2D eigenvalue weighted by Gasteiger charge is 2.30. The quantitative estimate of drug-likeness (QED) is 0.764. The van der Waals surface area contributed by atoms with Crippen LogP contribution >= 0.6 is 0 Å². The largest absolute Gasteiger partial charge is 0.300 e. The van der Waals surface area contributed by atoms with Crippen LogP contribution < -0.4 is 5.32 Å². The third-order valence-electron chi connectivity index (χ3n) is 2.89. The van der Waals surface area contributed by atoms with Gasteiger partial charge >= 0.3 is 0 Å². The maximum Gasteiger partial charge on any atom is 0.108 e. The molecular formula is C12H23N3. The SMILES string of the molecule is CC(C)NC(C#N)CN1CCC(C)(C)C1. The first-order valence-corrected chi connectivity index (χ1v) is 5.81. The molecule has 3 nitrogen and oxygen atoms in total. The lowest BCUT2D eigenvalue weighted by atomic mass is 9.93. The minimum absolute atomic E-state index is 0.0288. The maximum atomic E-state index is 9.03. The van der Waals surface area contributed by atoms with Crippen LogP contribution in [0.5, 0.6) is 0 Å². The van der Waals surface area contributed by atoms with Crippen molar-refractivity contribution < 1.29 is 0 Å². The Morgan fingerprint density at radius 2 is 2.13 bits per heavy atom. The molecule has 1 aliphatic heterocycles. The van der Waals surface area contributed by atoms with Crippen LogP contribution in [0.2, 0.25) is 0 Å². The molecule has 0 radical (unpaired) electrons. The molecular weight excluding hydrogens is 186 g/mol. The highest BCUT2D eigenvalue weighted by atomic mass is 15.2. The molecule has 0 saturated carbocycles. The molecule has 0 spiro atoms. The number of rotatable bonds is 4. The molecule has 0 bridgehead atoms. The Morgan fingerprint density at radius 1 is 1.47 bits per heavy atom. The van der Waals surface area contributed by atoms with Crippen LogP contribution in [0.15, 0.2) is 0 Å². The van der Waals surface area contributed by atoms with Crippen molar-refractivity contribution in [3.05, 3.63) is 0 Å². The second-order valence-electron chi connectivity index (χ2n) is 5.65. The van der Waals surface area contributed by atoms with Crippen molar-refractivity contribution in [1.82, 2.24) is 10.2 Å². The zero-order valence-electron chi connectivity index (χ0n) is 10.4. The highest BCUT2D eigenvalue weighted by Crippen LogP contribution is 2.28. The molecule has 15 heavy (non-hydrogen) atoms. The van der Waals surface area contributed by atoms with Gasteiger partial charge in [-0.05, 0) is 32.2 Å². The van der Waals surface area contributed by atoms with Gasteiger partial charge in [-0.3, -0.25) is 5.32 Å². The van der Waals surface area contributed by atoms with Crippen LogP contribution in [0.1, 0.15) is 34.1 Å². The Hall–Kier alpha value is -0.590. The van der Waals surface area contributed by atoms with E-state index in [9.17, 15) is 0 Å². The fraction of sp³-hybridized carbons (Fsp3) is 0.917. The molecule has 1 aliphatic rings. The van der Waals surface area contributed by atoms with E-state index in [0.29, 0.717) is 11.5 Å². The molecule has 3 heteroatoms. The lowest BCUT2D eigenvalue weighted by Gasteiger charge is -2.23. The molecule has 1 N–H and O–H groups in total. The van der Waals surface area contributed by atoms with E-state index in [1.54, 1.807) is 0 Å². The van der Waals surface area contributed by atoms with Crippen LogP contribution in [0.25, 0.3) is 0 Å². The van der Waals surface area contributed by atoms with Crippen molar-refractivity contribution in [3.63, 3.8) is 0 Å². The van der Waals surface area contributed by atoms with Gasteiger partial charge in [0.1, 0.15) is 6.04 Å². The fourth-order valence-electron chi connectivity index (χ4n) is 2.17. The molecule has 1 rings (SSSR count). The van der Waals surface area contributed by atoms with Gasteiger partial charge in [-0.1, -0.05) is 13.8 Å². The van der Waals surface area contributed by atoms with Crippen LogP contribution in [0.4, 0.5) is 0 Å². The van der Waals surface area contributed by atoms with Gasteiger partial charge in [-0.15, -0.1) is 0 Å². The summed E-state index contributed by atoms with van der Waals surface area (Å²) >= 11 is 0. The molecule has 1 saturated heterocycles. The first-order valence-electron chi connectivity index (χ1n) is 5.81. The monoisotopic (exact) mass is 209 g/mol. The minimum Gasteiger partial charge on any atom is -0.300 e. The van der Waals surface area contributed by atoms with Crippen LogP contribution in [0, 0.1) is 16.7 Å². The second kappa shape index (κ2) is 4.96. The van der Waals surface area contributed by atoms with E-state index in [1.165, 1.54) is 6.42 Å². The first kappa shape index (κ1) is 12.5. The topological polar surface area (TPSA) is 39.1 Å². The summed E-state index contributed by atoms with van der Waals surface area (Å²) < 4.78 is 0. The van der Waals surface area contributed by atoms with E-state index in [-0.39, 0.29) is 6.04 Å². The Bertz CT molecular complexity index is 240. The summed E-state index contributed by atoms with van der Waals surface area (Å²) in [6.45, 7) is 11.9. The van der Waals surface area contributed by atoms with E-state index in [0.717, 1.165) is 19.6 Å². The van der Waals surface area contributed by atoms with E-state index in [2.05, 4.69) is 44.0 Å². The van der Waals surface area contributed by atoms with Gasteiger partial charge in [-0.25, -0.2) is 0 Å². The second-order valence-corrected chi connectivity index (χ2v) is 5.65. The van der Waals surface area contributed by atoms with Crippen molar-refractivity contribution in [2.24, 2.45) is 5.41 Å².